The Morgan fingerprint density at radius 3 is 2.21 bits per heavy atom. The van der Waals surface area contributed by atoms with Crippen molar-refractivity contribution >= 4 is 17.5 Å². The van der Waals surface area contributed by atoms with Gasteiger partial charge in [0.2, 0.25) is 0 Å². The number of hydrogen-bond acceptors (Lipinski definition) is 5. The van der Waals surface area contributed by atoms with E-state index < -0.39 is 17.5 Å². The first kappa shape index (κ1) is 41.2. The van der Waals surface area contributed by atoms with Gasteiger partial charge in [-0.05, 0) is 59.5 Å². The van der Waals surface area contributed by atoms with Gasteiger partial charge in [0.05, 0.1) is 30.2 Å². The van der Waals surface area contributed by atoms with Crippen molar-refractivity contribution in [2.24, 2.45) is 22.2 Å². The Balaban J connectivity index is -0.000000717. The van der Waals surface area contributed by atoms with E-state index in [9.17, 15) is 14.7 Å². The summed E-state index contributed by atoms with van der Waals surface area (Å²) < 4.78 is 5.16. The third kappa shape index (κ3) is 21.3. The average molecular weight is 548 g/mol. The summed E-state index contributed by atoms with van der Waals surface area (Å²) in [6, 6.07) is 0. The second-order valence-corrected chi connectivity index (χ2v) is 10.6. The van der Waals surface area contributed by atoms with Crippen molar-refractivity contribution in [3.05, 3.63) is 47.7 Å². The minimum atomic E-state index is -1.03. The highest BCUT2D eigenvalue weighted by atomic mass is 16.5. The summed E-state index contributed by atoms with van der Waals surface area (Å²) in [7, 11) is 0. The average Bonchev–Trinajstić information content (AvgIpc) is 2.87. The van der Waals surface area contributed by atoms with Crippen molar-refractivity contribution in [1.82, 2.24) is 0 Å². The minimum Gasteiger partial charge on any atom is -0.465 e. The van der Waals surface area contributed by atoms with Crippen LogP contribution in [0.25, 0.3) is 0 Å². The highest BCUT2D eigenvalue weighted by Gasteiger charge is 2.39. The molecule has 0 spiro atoms. The molecule has 3 unspecified atom stereocenters. The van der Waals surface area contributed by atoms with E-state index in [2.05, 4.69) is 37.9 Å². The molecule has 5 heteroatoms. The fourth-order valence-electron chi connectivity index (χ4n) is 3.72. The number of ketones is 1. The Morgan fingerprint density at radius 2 is 1.72 bits per heavy atom. The predicted octanol–water partition coefficient (Wildman–Crippen LogP) is 9.22. The number of cyclic esters (lactones) is 1. The lowest BCUT2D eigenvalue weighted by Gasteiger charge is -2.32. The molecule has 0 aliphatic carbocycles. The molecule has 1 aliphatic rings. The molecule has 3 atom stereocenters. The van der Waals surface area contributed by atoms with Crippen molar-refractivity contribution in [1.29, 1.82) is 0 Å². The molecule has 0 saturated heterocycles. The van der Waals surface area contributed by atoms with E-state index in [-0.39, 0.29) is 24.7 Å². The van der Waals surface area contributed by atoms with Gasteiger partial charge in [0.1, 0.15) is 5.78 Å². The van der Waals surface area contributed by atoms with Crippen LogP contribution in [0.1, 0.15) is 122 Å². The van der Waals surface area contributed by atoms with Gasteiger partial charge in [-0.3, -0.25) is 14.6 Å². The SMILES string of the molecule is C/C=C\C(=C\C)N=C(C)C.CC.CC1=C/CCOC(=O)CC(O)C(C)(C)C(=O)C(C)CC(C)C\C=C\1.CCC. The van der Waals surface area contributed by atoms with Crippen LogP contribution in [0.2, 0.25) is 0 Å². The molecule has 0 radical (unpaired) electrons. The van der Waals surface area contributed by atoms with Gasteiger partial charge >= 0.3 is 5.97 Å². The molecule has 226 valence electrons. The Hall–Kier alpha value is -2.27. The number of nitrogens with zero attached hydrogens (tertiary/aromatic N) is 1. The molecular weight excluding hydrogens is 486 g/mol. The maximum absolute atomic E-state index is 12.7. The zero-order chi connectivity index (χ0) is 31.0. The van der Waals surface area contributed by atoms with E-state index in [0.29, 0.717) is 12.3 Å². The maximum Gasteiger partial charge on any atom is 0.308 e. The summed E-state index contributed by atoms with van der Waals surface area (Å²) in [4.78, 5) is 28.9. The molecule has 1 rings (SSSR count). The monoisotopic (exact) mass is 547 g/mol. The normalized spacial score (nSPS) is 24.7. The van der Waals surface area contributed by atoms with Crippen LogP contribution in [0.5, 0.6) is 0 Å². The second-order valence-electron chi connectivity index (χ2n) is 10.6. The predicted molar refractivity (Wildman–Crippen MR) is 170 cm³/mol. The smallest absolute Gasteiger partial charge is 0.308 e. The Morgan fingerprint density at radius 1 is 1.15 bits per heavy atom. The first-order valence-corrected chi connectivity index (χ1v) is 14.8. The molecular formula is C34H61NO4. The van der Waals surface area contributed by atoms with Crippen LogP contribution in [-0.2, 0) is 14.3 Å². The fraction of sp³-hybridized carbons (Fsp3) is 0.676. The molecule has 0 aromatic rings. The number of carbonyl (C=O) groups excluding carboxylic acids is 2. The first-order valence-electron chi connectivity index (χ1n) is 14.8. The van der Waals surface area contributed by atoms with E-state index in [1.807, 2.05) is 79.7 Å². The van der Waals surface area contributed by atoms with Crippen molar-refractivity contribution < 1.29 is 19.4 Å². The zero-order valence-corrected chi connectivity index (χ0v) is 27.6. The van der Waals surface area contributed by atoms with Gasteiger partial charge in [-0.25, -0.2) is 0 Å². The van der Waals surface area contributed by atoms with Crippen LogP contribution < -0.4 is 0 Å². The quantitative estimate of drug-likeness (QED) is 0.212. The van der Waals surface area contributed by atoms with Crippen LogP contribution >= 0.6 is 0 Å². The summed E-state index contributed by atoms with van der Waals surface area (Å²) in [5.41, 5.74) is 2.30. The number of carbonyl (C=O) groups is 2. The van der Waals surface area contributed by atoms with Gasteiger partial charge < -0.3 is 9.84 Å². The van der Waals surface area contributed by atoms with Crippen LogP contribution in [0, 0.1) is 17.3 Å². The van der Waals surface area contributed by atoms with Gasteiger partial charge in [0.25, 0.3) is 0 Å². The van der Waals surface area contributed by atoms with Gasteiger partial charge in [-0.2, -0.15) is 0 Å². The first-order chi connectivity index (χ1) is 18.3. The molecule has 1 aliphatic heterocycles. The number of esters is 1. The van der Waals surface area contributed by atoms with E-state index >= 15 is 0 Å². The number of Topliss-reactive ketones (excluding diaryl/α,β-unsaturated/α-hetero) is 1. The largest absolute Gasteiger partial charge is 0.465 e. The lowest BCUT2D eigenvalue weighted by Crippen LogP contribution is -2.42. The molecule has 0 aromatic heterocycles. The van der Waals surface area contributed by atoms with Gasteiger partial charge in [0.15, 0.2) is 0 Å². The fourth-order valence-corrected chi connectivity index (χ4v) is 3.72. The van der Waals surface area contributed by atoms with Gasteiger partial charge in [0, 0.05) is 18.1 Å². The van der Waals surface area contributed by atoms with Crippen LogP contribution in [0.15, 0.2) is 52.7 Å². The summed E-state index contributed by atoms with van der Waals surface area (Å²) >= 11 is 0. The van der Waals surface area contributed by atoms with E-state index in [4.69, 9.17) is 4.74 Å². The molecule has 0 aromatic carbocycles. The molecule has 0 fully saturated rings. The number of rotatable bonds is 2. The van der Waals surface area contributed by atoms with Gasteiger partial charge in [-0.1, -0.05) is 97.8 Å². The third-order valence-corrected chi connectivity index (χ3v) is 5.78. The lowest BCUT2D eigenvalue weighted by molar-refractivity contribution is -0.150. The summed E-state index contributed by atoms with van der Waals surface area (Å²) in [6.07, 6.45) is 14.6. The minimum absolute atomic E-state index is 0.00167. The Kier molecular flexibility index (Phi) is 26.2. The molecule has 1 N–H and O–H groups in total. The number of hydrogen-bond donors (Lipinski definition) is 1. The van der Waals surface area contributed by atoms with Crippen molar-refractivity contribution in [3.8, 4) is 0 Å². The van der Waals surface area contributed by atoms with Crippen molar-refractivity contribution in [2.45, 2.75) is 128 Å². The molecule has 5 nitrogen and oxygen atoms in total. The highest BCUT2D eigenvalue weighted by molar-refractivity contribution is 5.87. The topological polar surface area (TPSA) is 76.0 Å². The third-order valence-electron chi connectivity index (χ3n) is 5.78. The number of aliphatic hydroxyl groups is 1. The number of allylic oxidation sites excluding steroid dienone is 6. The standard InChI is InChI=1S/C20H32O4.C9H15N.C3H8.C2H6/c1-14-8-6-9-15(2)12-16(3)19(23)20(4,5)17(21)13-18(22)24-11-7-10-14;1-5-7-9(6-2)10-8(3)4;1-3-2;1-2/h6,8,10,15-17,21H,7,9,11-13H2,1-5H3;5-7H,1-4H3;3H2,1-2H3;1-2H3/b8-6+,14-10-;7-5-,9-6-;;. The number of ether oxygens (including phenoxy) is 1. The zero-order valence-electron chi connectivity index (χ0n) is 27.6. The Labute approximate surface area is 241 Å². The van der Waals surface area contributed by atoms with Gasteiger partial charge in [-0.15, -0.1) is 0 Å². The van der Waals surface area contributed by atoms with E-state index in [1.165, 1.54) is 6.42 Å². The van der Waals surface area contributed by atoms with Crippen molar-refractivity contribution in [2.75, 3.05) is 6.61 Å². The lowest BCUT2D eigenvalue weighted by atomic mass is 9.74. The van der Waals surface area contributed by atoms with Crippen LogP contribution in [0.3, 0.4) is 0 Å². The number of aliphatic imine (C=N–C) groups is 1. The van der Waals surface area contributed by atoms with E-state index in [1.54, 1.807) is 13.8 Å². The molecule has 0 bridgehead atoms. The maximum atomic E-state index is 12.7. The number of aliphatic hydroxyl groups excluding tert-OH is 1. The summed E-state index contributed by atoms with van der Waals surface area (Å²) in [5.74, 6) is -0.225. The molecule has 0 amide bonds. The van der Waals surface area contributed by atoms with Crippen LogP contribution in [-0.4, -0.2) is 35.3 Å². The molecule has 0 saturated carbocycles. The molecule has 1 heterocycles. The van der Waals surface area contributed by atoms with E-state index in [0.717, 1.165) is 29.8 Å². The highest BCUT2D eigenvalue weighted by Crippen LogP contribution is 2.31. The van der Waals surface area contributed by atoms with Crippen LogP contribution in [0.4, 0.5) is 0 Å². The molecule has 39 heavy (non-hydrogen) atoms. The van der Waals surface area contributed by atoms with Crippen molar-refractivity contribution in [3.63, 3.8) is 0 Å². The second kappa shape index (κ2) is 24.7. The Bertz CT molecular complexity index is 811. The summed E-state index contributed by atoms with van der Waals surface area (Å²) in [5, 5.41) is 10.4. The summed E-state index contributed by atoms with van der Waals surface area (Å²) in [6.45, 7) is 26.0.